The van der Waals surface area contributed by atoms with Crippen molar-refractivity contribution in [1.82, 2.24) is 10.6 Å². The lowest BCUT2D eigenvalue weighted by atomic mass is 9.68. The van der Waals surface area contributed by atoms with E-state index in [1.54, 1.807) is 0 Å². The molecule has 88 valence electrons. The van der Waals surface area contributed by atoms with E-state index in [1.165, 1.54) is 25.7 Å². The number of fused-ring (bicyclic) bond motifs is 1. The maximum absolute atomic E-state index is 3.84. The van der Waals surface area contributed by atoms with E-state index in [0.29, 0.717) is 5.54 Å². The Kier molecular flexibility index (Phi) is 3.09. The van der Waals surface area contributed by atoms with Gasteiger partial charge >= 0.3 is 0 Å². The molecule has 2 aliphatic rings. The fourth-order valence-electron chi connectivity index (χ4n) is 3.79. The van der Waals surface area contributed by atoms with Gasteiger partial charge in [-0.05, 0) is 58.4 Å². The Morgan fingerprint density at radius 1 is 1.27 bits per heavy atom. The van der Waals surface area contributed by atoms with Crippen LogP contribution in [-0.4, -0.2) is 24.7 Å². The number of rotatable bonds is 1. The van der Waals surface area contributed by atoms with E-state index >= 15 is 0 Å². The van der Waals surface area contributed by atoms with Crippen LogP contribution in [0.15, 0.2) is 0 Å². The van der Waals surface area contributed by atoms with Crippen molar-refractivity contribution < 1.29 is 0 Å². The van der Waals surface area contributed by atoms with Crippen LogP contribution in [0.2, 0.25) is 0 Å². The van der Waals surface area contributed by atoms with Gasteiger partial charge in [0.2, 0.25) is 0 Å². The normalized spacial score (nSPS) is 44.8. The molecule has 1 saturated heterocycles. The Bertz CT molecular complexity index is 225. The number of nitrogens with one attached hydrogen (secondary N) is 2. The molecule has 2 N–H and O–H groups in total. The van der Waals surface area contributed by atoms with Gasteiger partial charge in [-0.3, -0.25) is 0 Å². The van der Waals surface area contributed by atoms with Gasteiger partial charge in [0.1, 0.15) is 0 Å². The van der Waals surface area contributed by atoms with Crippen LogP contribution in [0.1, 0.15) is 46.5 Å². The quantitative estimate of drug-likeness (QED) is 0.693. The van der Waals surface area contributed by atoms with Gasteiger partial charge < -0.3 is 10.6 Å². The molecule has 0 aromatic carbocycles. The topological polar surface area (TPSA) is 24.1 Å². The van der Waals surface area contributed by atoms with Crippen molar-refractivity contribution in [3.05, 3.63) is 0 Å². The summed E-state index contributed by atoms with van der Waals surface area (Å²) in [6, 6.07) is 1.53. The summed E-state index contributed by atoms with van der Waals surface area (Å²) >= 11 is 0. The average molecular weight is 210 g/mol. The van der Waals surface area contributed by atoms with Crippen molar-refractivity contribution in [1.29, 1.82) is 0 Å². The van der Waals surface area contributed by atoms with Gasteiger partial charge in [-0.1, -0.05) is 6.92 Å². The minimum absolute atomic E-state index is 0.354. The minimum Gasteiger partial charge on any atom is -0.317 e. The summed E-state index contributed by atoms with van der Waals surface area (Å²) in [5, 5.41) is 7.29. The number of hydrogen-bond acceptors (Lipinski definition) is 2. The van der Waals surface area contributed by atoms with Crippen LogP contribution in [0.3, 0.4) is 0 Å². The van der Waals surface area contributed by atoms with Gasteiger partial charge in [-0.15, -0.1) is 0 Å². The molecule has 4 unspecified atom stereocenters. The standard InChI is InChI=1S/C13H26N2/c1-9-8-13(2,3)15-12-6-5-10(14-4)7-11(9)12/h9-12,14-15H,5-8H2,1-4H3. The minimum atomic E-state index is 0.354. The van der Waals surface area contributed by atoms with E-state index in [4.69, 9.17) is 0 Å². The third-order valence-electron chi connectivity index (χ3n) is 4.45. The van der Waals surface area contributed by atoms with Crippen molar-refractivity contribution in [2.45, 2.75) is 64.1 Å². The zero-order valence-corrected chi connectivity index (χ0v) is 10.6. The second-order valence-corrected chi connectivity index (χ2v) is 6.28. The van der Waals surface area contributed by atoms with Crippen LogP contribution in [0.25, 0.3) is 0 Å². The summed E-state index contributed by atoms with van der Waals surface area (Å²) in [7, 11) is 2.11. The summed E-state index contributed by atoms with van der Waals surface area (Å²) in [6.07, 6.45) is 5.38. The van der Waals surface area contributed by atoms with E-state index in [2.05, 4.69) is 38.5 Å². The van der Waals surface area contributed by atoms with Crippen LogP contribution >= 0.6 is 0 Å². The number of piperidine rings is 1. The Hall–Kier alpha value is -0.0800. The first-order chi connectivity index (χ1) is 7.02. The van der Waals surface area contributed by atoms with Crippen LogP contribution < -0.4 is 10.6 Å². The smallest absolute Gasteiger partial charge is 0.0130 e. The molecule has 2 fully saturated rings. The molecule has 15 heavy (non-hydrogen) atoms. The SMILES string of the molecule is CNC1CCC2NC(C)(C)CC(C)C2C1. The van der Waals surface area contributed by atoms with Crippen molar-refractivity contribution in [2.24, 2.45) is 11.8 Å². The maximum Gasteiger partial charge on any atom is 0.0130 e. The third kappa shape index (κ3) is 2.36. The van der Waals surface area contributed by atoms with Crippen LogP contribution in [0, 0.1) is 11.8 Å². The first-order valence-corrected chi connectivity index (χ1v) is 6.47. The van der Waals surface area contributed by atoms with Gasteiger partial charge in [0, 0.05) is 17.6 Å². The van der Waals surface area contributed by atoms with Gasteiger partial charge in [-0.25, -0.2) is 0 Å². The maximum atomic E-state index is 3.84. The Morgan fingerprint density at radius 3 is 2.67 bits per heavy atom. The predicted octanol–water partition coefficient (Wildman–Crippen LogP) is 2.15. The lowest BCUT2D eigenvalue weighted by Gasteiger charge is -2.50. The summed E-state index contributed by atoms with van der Waals surface area (Å²) < 4.78 is 0. The molecule has 1 saturated carbocycles. The summed E-state index contributed by atoms with van der Waals surface area (Å²) in [5.74, 6) is 1.77. The molecule has 2 nitrogen and oxygen atoms in total. The molecule has 0 aromatic rings. The molecule has 0 aromatic heterocycles. The Balaban J connectivity index is 2.04. The predicted molar refractivity (Wildman–Crippen MR) is 65.0 cm³/mol. The van der Waals surface area contributed by atoms with E-state index in [-0.39, 0.29) is 0 Å². The highest BCUT2D eigenvalue weighted by Crippen LogP contribution is 2.39. The molecular formula is C13H26N2. The Morgan fingerprint density at radius 2 is 2.00 bits per heavy atom. The molecule has 0 bridgehead atoms. The molecule has 4 atom stereocenters. The fourth-order valence-corrected chi connectivity index (χ4v) is 3.79. The van der Waals surface area contributed by atoms with Crippen molar-refractivity contribution in [3.63, 3.8) is 0 Å². The van der Waals surface area contributed by atoms with Crippen molar-refractivity contribution in [3.8, 4) is 0 Å². The lowest BCUT2D eigenvalue weighted by Crippen LogP contribution is -2.59. The Labute approximate surface area is 94.2 Å². The van der Waals surface area contributed by atoms with Crippen molar-refractivity contribution in [2.75, 3.05) is 7.05 Å². The fraction of sp³-hybridized carbons (Fsp3) is 1.00. The highest BCUT2D eigenvalue weighted by atomic mass is 15.0. The summed E-state index contributed by atoms with van der Waals surface area (Å²) in [4.78, 5) is 0. The van der Waals surface area contributed by atoms with E-state index in [1.807, 2.05) is 0 Å². The highest BCUT2D eigenvalue weighted by molar-refractivity contribution is 4.99. The van der Waals surface area contributed by atoms with Crippen LogP contribution in [-0.2, 0) is 0 Å². The van der Waals surface area contributed by atoms with Gasteiger partial charge in [0.15, 0.2) is 0 Å². The monoisotopic (exact) mass is 210 g/mol. The third-order valence-corrected chi connectivity index (χ3v) is 4.45. The zero-order valence-electron chi connectivity index (χ0n) is 10.6. The molecule has 1 aliphatic carbocycles. The zero-order chi connectivity index (χ0) is 11.1. The van der Waals surface area contributed by atoms with E-state index in [9.17, 15) is 0 Å². The molecule has 0 spiro atoms. The van der Waals surface area contributed by atoms with Crippen molar-refractivity contribution >= 4 is 0 Å². The molecule has 0 amide bonds. The number of hydrogen-bond donors (Lipinski definition) is 2. The lowest BCUT2D eigenvalue weighted by molar-refractivity contribution is 0.0715. The van der Waals surface area contributed by atoms with Gasteiger partial charge in [-0.2, -0.15) is 0 Å². The van der Waals surface area contributed by atoms with E-state index in [0.717, 1.165) is 23.9 Å². The molecule has 2 rings (SSSR count). The molecular weight excluding hydrogens is 184 g/mol. The molecule has 0 radical (unpaired) electrons. The summed E-state index contributed by atoms with van der Waals surface area (Å²) in [5.41, 5.74) is 0.354. The van der Waals surface area contributed by atoms with E-state index < -0.39 is 0 Å². The molecule has 2 heteroatoms. The van der Waals surface area contributed by atoms with Gasteiger partial charge in [0.25, 0.3) is 0 Å². The molecule has 1 aliphatic heterocycles. The average Bonchev–Trinajstić information content (AvgIpc) is 2.15. The largest absolute Gasteiger partial charge is 0.317 e. The first kappa shape index (κ1) is 11.4. The van der Waals surface area contributed by atoms with Gasteiger partial charge in [0.05, 0.1) is 0 Å². The first-order valence-electron chi connectivity index (χ1n) is 6.47. The van der Waals surface area contributed by atoms with Crippen LogP contribution in [0.4, 0.5) is 0 Å². The second kappa shape index (κ2) is 4.06. The highest BCUT2D eigenvalue weighted by Gasteiger charge is 2.41. The van der Waals surface area contributed by atoms with Crippen LogP contribution in [0.5, 0.6) is 0 Å². The molecule has 1 heterocycles. The summed E-state index contributed by atoms with van der Waals surface area (Å²) in [6.45, 7) is 7.14. The second-order valence-electron chi connectivity index (χ2n) is 6.28.